The normalized spacial score (nSPS) is 15.6. The smallest absolute Gasteiger partial charge is 0.252 e. The van der Waals surface area contributed by atoms with Crippen LogP contribution in [-0.2, 0) is 6.54 Å². The lowest BCUT2D eigenvalue weighted by atomic mass is 10.1. The molecule has 0 bridgehead atoms. The maximum Gasteiger partial charge on any atom is 0.252 e. The molecule has 6 nitrogen and oxygen atoms in total. The maximum absolute atomic E-state index is 12.7. The van der Waals surface area contributed by atoms with E-state index in [-0.39, 0.29) is 5.91 Å². The number of nitrogens with zero attached hydrogens (tertiary/aromatic N) is 1. The number of hydrogen-bond donors (Lipinski definition) is 2. The zero-order valence-corrected chi connectivity index (χ0v) is 16.1. The van der Waals surface area contributed by atoms with Crippen molar-refractivity contribution < 1.29 is 14.3 Å². The highest BCUT2D eigenvalue weighted by atomic mass is 16.5. The first-order valence-electron chi connectivity index (χ1n) is 10.1. The Bertz CT molecular complexity index is 1060. The van der Waals surface area contributed by atoms with Crippen LogP contribution < -0.4 is 20.1 Å². The largest absolute Gasteiger partial charge is 0.490 e. The monoisotopic (exact) mass is 389 g/mol. The Morgan fingerprint density at radius 3 is 2.72 bits per heavy atom. The molecule has 1 saturated carbocycles. The summed E-state index contributed by atoms with van der Waals surface area (Å²) < 4.78 is 11.5. The number of hydrogen-bond acceptors (Lipinski definition) is 5. The molecule has 0 spiro atoms. The molecule has 1 aromatic heterocycles. The molecule has 0 radical (unpaired) electrons. The number of benzene rings is 2. The number of carbonyl (C=O) groups excluding carboxylic acids is 1. The second-order valence-corrected chi connectivity index (χ2v) is 7.51. The Morgan fingerprint density at radius 2 is 1.86 bits per heavy atom. The van der Waals surface area contributed by atoms with Gasteiger partial charge in [0.2, 0.25) is 0 Å². The van der Waals surface area contributed by atoms with Gasteiger partial charge in [0.1, 0.15) is 5.82 Å². The molecule has 2 aliphatic rings. The Hall–Kier alpha value is -3.28. The molecule has 1 aliphatic carbocycles. The van der Waals surface area contributed by atoms with Crippen LogP contribution in [0, 0.1) is 0 Å². The molecule has 0 saturated heterocycles. The van der Waals surface area contributed by atoms with Gasteiger partial charge in [-0.1, -0.05) is 24.3 Å². The maximum atomic E-state index is 12.7. The average Bonchev–Trinajstić information content (AvgIpc) is 3.58. The van der Waals surface area contributed by atoms with Gasteiger partial charge in [-0.15, -0.1) is 0 Å². The van der Waals surface area contributed by atoms with Crippen LogP contribution >= 0.6 is 0 Å². The van der Waals surface area contributed by atoms with E-state index < -0.39 is 0 Å². The first-order chi connectivity index (χ1) is 14.3. The van der Waals surface area contributed by atoms with Gasteiger partial charge in [-0.3, -0.25) is 4.79 Å². The Labute approximate surface area is 169 Å². The third-order valence-electron chi connectivity index (χ3n) is 5.16. The molecule has 1 amide bonds. The van der Waals surface area contributed by atoms with Crippen molar-refractivity contribution in [3.8, 4) is 11.5 Å². The van der Waals surface area contributed by atoms with E-state index in [1.165, 1.54) is 0 Å². The zero-order chi connectivity index (χ0) is 19.6. The Balaban J connectivity index is 1.39. The van der Waals surface area contributed by atoms with Gasteiger partial charge in [-0.2, -0.15) is 0 Å². The minimum atomic E-state index is -0.0373. The fraction of sp³-hybridized carbons (Fsp3) is 0.304. The van der Waals surface area contributed by atoms with Crippen molar-refractivity contribution in [3.05, 3.63) is 59.7 Å². The highest BCUT2D eigenvalue weighted by Crippen LogP contribution is 2.31. The minimum absolute atomic E-state index is 0.0373. The summed E-state index contributed by atoms with van der Waals surface area (Å²) in [6.45, 7) is 1.92. The molecule has 148 valence electrons. The molecule has 1 fully saturated rings. The van der Waals surface area contributed by atoms with Crippen LogP contribution in [0.3, 0.4) is 0 Å². The third-order valence-corrected chi connectivity index (χ3v) is 5.16. The summed E-state index contributed by atoms with van der Waals surface area (Å²) in [5, 5.41) is 7.30. The minimum Gasteiger partial charge on any atom is -0.490 e. The molecule has 0 atom stereocenters. The van der Waals surface area contributed by atoms with E-state index in [1.807, 2.05) is 48.5 Å². The quantitative estimate of drug-likeness (QED) is 0.692. The van der Waals surface area contributed by atoms with Gasteiger partial charge < -0.3 is 20.1 Å². The summed E-state index contributed by atoms with van der Waals surface area (Å²) in [6, 6.07) is 15.8. The van der Waals surface area contributed by atoms with E-state index in [2.05, 4.69) is 15.6 Å². The number of para-hydroxylation sites is 1. The predicted molar refractivity (Wildman–Crippen MR) is 112 cm³/mol. The molecule has 2 heterocycles. The van der Waals surface area contributed by atoms with Crippen molar-refractivity contribution in [1.29, 1.82) is 0 Å². The molecule has 5 rings (SSSR count). The standard InChI is InChI=1S/C23H23N3O3/c27-23(25-16-7-8-16)18-13-22(26-19-5-2-1-4-17(18)19)24-14-15-6-9-20-21(12-15)29-11-3-10-28-20/h1-2,4-6,9,12-13,16H,3,7-8,10-11,14H2,(H,24,26)(H,25,27). The number of aromatic nitrogens is 1. The molecule has 29 heavy (non-hydrogen) atoms. The lowest BCUT2D eigenvalue weighted by Crippen LogP contribution is -2.25. The number of fused-ring (bicyclic) bond motifs is 2. The van der Waals surface area contributed by atoms with Gasteiger partial charge in [-0.05, 0) is 42.7 Å². The van der Waals surface area contributed by atoms with Crippen molar-refractivity contribution >= 4 is 22.6 Å². The van der Waals surface area contributed by atoms with Gasteiger partial charge in [0.15, 0.2) is 11.5 Å². The molecule has 0 unspecified atom stereocenters. The first kappa shape index (κ1) is 17.8. The van der Waals surface area contributed by atoms with Crippen LogP contribution in [-0.4, -0.2) is 30.1 Å². The summed E-state index contributed by atoms with van der Waals surface area (Å²) in [5.74, 6) is 2.20. The topological polar surface area (TPSA) is 72.5 Å². The SMILES string of the molecule is O=C(NC1CC1)c1cc(NCc2ccc3c(c2)OCCCO3)nc2ccccc12. The second kappa shape index (κ2) is 7.62. The number of pyridine rings is 1. The van der Waals surface area contributed by atoms with Gasteiger partial charge >= 0.3 is 0 Å². The molecule has 6 heteroatoms. The van der Waals surface area contributed by atoms with E-state index in [4.69, 9.17) is 9.47 Å². The molecular formula is C23H23N3O3. The van der Waals surface area contributed by atoms with Crippen molar-refractivity contribution in [3.63, 3.8) is 0 Å². The predicted octanol–water partition coefficient (Wildman–Crippen LogP) is 3.90. The van der Waals surface area contributed by atoms with Crippen LogP contribution in [0.2, 0.25) is 0 Å². The van der Waals surface area contributed by atoms with E-state index in [0.717, 1.165) is 47.2 Å². The molecular weight excluding hydrogens is 366 g/mol. The van der Waals surface area contributed by atoms with Gasteiger partial charge in [-0.25, -0.2) is 4.98 Å². The third kappa shape index (κ3) is 3.97. The zero-order valence-electron chi connectivity index (χ0n) is 16.1. The average molecular weight is 389 g/mol. The highest BCUT2D eigenvalue weighted by molar-refractivity contribution is 6.07. The van der Waals surface area contributed by atoms with Crippen LogP contribution in [0.4, 0.5) is 5.82 Å². The summed E-state index contributed by atoms with van der Waals surface area (Å²) in [5.41, 5.74) is 2.52. The number of ether oxygens (including phenoxy) is 2. The van der Waals surface area contributed by atoms with Crippen molar-refractivity contribution in [2.45, 2.75) is 31.8 Å². The summed E-state index contributed by atoms with van der Waals surface area (Å²) in [4.78, 5) is 17.4. The molecule has 1 aliphatic heterocycles. The number of amides is 1. The summed E-state index contributed by atoms with van der Waals surface area (Å²) in [7, 11) is 0. The molecule has 2 N–H and O–H groups in total. The van der Waals surface area contributed by atoms with E-state index in [0.29, 0.717) is 37.2 Å². The lowest BCUT2D eigenvalue weighted by Gasteiger charge is -2.13. The number of carbonyl (C=O) groups is 1. The molecule has 2 aromatic carbocycles. The van der Waals surface area contributed by atoms with Crippen molar-refractivity contribution in [1.82, 2.24) is 10.3 Å². The first-order valence-corrected chi connectivity index (χ1v) is 10.1. The summed E-state index contributed by atoms with van der Waals surface area (Å²) in [6.07, 6.45) is 3.00. The Morgan fingerprint density at radius 1 is 1.03 bits per heavy atom. The van der Waals surface area contributed by atoms with Crippen molar-refractivity contribution in [2.75, 3.05) is 18.5 Å². The second-order valence-electron chi connectivity index (χ2n) is 7.51. The van der Waals surface area contributed by atoms with E-state index in [1.54, 1.807) is 0 Å². The number of rotatable bonds is 5. The fourth-order valence-electron chi connectivity index (χ4n) is 3.45. The van der Waals surface area contributed by atoms with E-state index in [9.17, 15) is 4.79 Å². The van der Waals surface area contributed by atoms with Crippen LogP contribution in [0.25, 0.3) is 10.9 Å². The molecule has 3 aromatic rings. The fourth-order valence-corrected chi connectivity index (χ4v) is 3.45. The lowest BCUT2D eigenvalue weighted by molar-refractivity contribution is 0.0952. The Kier molecular flexibility index (Phi) is 4.68. The van der Waals surface area contributed by atoms with Gasteiger partial charge in [0.25, 0.3) is 5.91 Å². The van der Waals surface area contributed by atoms with Crippen LogP contribution in [0.1, 0.15) is 35.2 Å². The summed E-state index contributed by atoms with van der Waals surface area (Å²) >= 11 is 0. The van der Waals surface area contributed by atoms with Gasteiger partial charge in [0.05, 0.1) is 24.3 Å². The number of anilines is 1. The van der Waals surface area contributed by atoms with Crippen molar-refractivity contribution in [2.24, 2.45) is 0 Å². The number of nitrogens with one attached hydrogen (secondary N) is 2. The van der Waals surface area contributed by atoms with E-state index >= 15 is 0 Å². The highest BCUT2D eigenvalue weighted by Gasteiger charge is 2.25. The van der Waals surface area contributed by atoms with Gasteiger partial charge in [0, 0.05) is 24.4 Å². The van der Waals surface area contributed by atoms with Crippen LogP contribution in [0.5, 0.6) is 11.5 Å². The van der Waals surface area contributed by atoms with Crippen LogP contribution in [0.15, 0.2) is 48.5 Å².